The van der Waals surface area contributed by atoms with Crippen LogP contribution in [0.3, 0.4) is 0 Å². The van der Waals surface area contributed by atoms with Crippen LogP contribution in [0.1, 0.15) is 39.8 Å². The van der Waals surface area contributed by atoms with Crippen LogP contribution in [-0.2, 0) is 6.54 Å². The first-order chi connectivity index (χ1) is 6.54. The van der Waals surface area contributed by atoms with Gasteiger partial charge in [-0.15, -0.1) is 0 Å². The van der Waals surface area contributed by atoms with Crippen LogP contribution in [-0.4, -0.2) is 16.2 Å². The first-order valence-corrected chi connectivity index (χ1v) is 5.25. The number of rotatable bonds is 4. The molecule has 1 unspecified atom stereocenters. The summed E-state index contributed by atoms with van der Waals surface area (Å²) < 4.78 is 0. The summed E-state index contributed by atoms with van der Waals surface area (Å²) in [6, 6.07) is 2.55. The first-order valence-electron chi connectivity index (χ1n) is 5.25. The minimum Gasteiger partial charge on any atom is -0.308 e. The van der Waals surface area contributed by atoms with Gasteiger partial charge in [-0.25, -0.2) is 0 Å². The Balaban J connectivity index is 2.43. The molecule has 0 saturated carbocycles. The molecule has 0 bridgehead atoms. The van der Waals surface area contributed by atoms with Crippen molar-refractivity contribution in [3.05, 3.63) is 18.0 Å². The molecule has 0 fully saturated rings. The lowest BCUT2D eigenvalue weighted by Crippen LogP contribution is -2.39. The second-order valence-corrected chi connectivity index (χ2v) is 4.79. The molecule has 0 saturated heterocycles. The van der Waals surface area contributed by atoms with Crippen LogP contribution in [0.4, 0.5) is 0 Å². The van der Waals surface area contributed by atoms with E-state index in [2.05, 4.69) is 43.2 Å². The lowest BCUT2D eigenvalue weighted by Gasteiger charge is -2.30. The Morgan fingerprint density at radius 2 is 2.21 bits per heavy atom. The van der Waals surface area contributed by atoms with E-state index in [1.54, 1.807) is 6.20 Å². The van der Waals surface area contributed by atoms with Crippen LogP contribution in [0.15, 0.2) is 12.3 Å². The molecule has 14 heavy (non-hydrogen) atoms. The zero-order chi connectivity index (χ0) is 10.6. The fourth-order valence-electron chi connectivity index (χ4n) is 1.68. The highest BCUT2D eigenvalue weighted by Gasteiger charge is 2.21. The summed E-state index contributed by atoms with van der Waals surface area (Å²) in [6.07, 6.45) is 2.94. The van der Waals surface area contributed by atoms with Gasteiger partial charge in [0.15, 0.2) is 0 Å². The average Bonchev–Trinajstić information content (AvgIpc) is 2.55. The molecule has 3 heteroatoms. The molecule has 1 atom stereocenters. The van der Waals surface area contributed by atoms with Gasteiger partial charge >= 0.3 is 0 Å². The second kappa shape index (κ2) is 4.60. The van der Waals surface area contributed by atoms with Gasteiger partial charge in [-0.2, -0.15) is 5.10 Å². The maximum absolute atomic E-state index is 3.92. The molecule has 1 aromatic heterocycles. The molecule has 0 radical (unpaired) electrons. The Hall–Kier alpha value is -0.830. The van der Waals surface area contributed by atoms with Crippen molar-refractivity contribution in [2.24, 2.45) is 5.41 Å². The third kappa shape index (κ3) is 3.14. The van der Waals surface area contributed by atoms with Crippen LogP contribution in [0.25, 0.3) is 0 Å². The number of H-pyrrole nitrogens is 1. The van der Waals surface area contributed by atoms with E-state index in [1.165, 1.54) is 0 Å². The summed E-state index contributed by atoms with van der Waals surface area (Å²) in [4.78, 5) is 0. The summed E-state index contributed by atoms with van der Waals surface area (Å²) in [5, 5.41) is 10.4. The Bertz CT molecular complexity index is 246. The molecule has 0 aromatic carbocycles. The van der Waals surface area contributed by atoms with Crippen molar-refractivity contribution in [1.82, 2.24) is 15.5 Å². The van der Waals surface area contributed by atoms with Crippen molar-refractivity contribution in [2.75, 3.05) is 0 Å². The summed E-state index contributed by atoms with van der Waals surface area (Å²) in [5.41, 5.74) is 1.46. The Morgan fingerprint density at radius 3 is 2.64 bits per heavy atom. The summed E-state index contributed by atoms with van der Waals surface area (Å²) in [7, 11) is 0. The Morgan fingerprint density at radius 1 is 1.50 bits per heavy atom. The highest BCUT2D eigenvalue weighted by atomic mass is 15.1. The van der Waals surface area contributed by atoms with Gasteiger partial charge in [0.2, 0.25) is 0 Å². The lowest BCUT2D eigenvalue weighted by atomic mass is 9.85. The predicted octanol–water partition coefficient (Wildman–Crippen LogP) is 2.32. The van der Waals surface area contributed by atoms with Gasteiger partial charge in [0.05, 0.1) is 0 Å². The number of nitrogens with one attached hydrogen (secondary N) is 2. The summed E-state index contributed by atoms with van der Waals surface area (Å²) >= 11 is 0. The highest BCUT2D eigenvalue weighted by molar-refractivity contribution is 4.97. The molecular formula is C11H21N3. The van der Waals surface area contributed by atoms with Crippen molar-refractivity contribution in [3.63, 3.8) is 0 Å². The van der Waals surface area contributed by atoms with E-state index in [4.69, 9.17) is 0 Å². The van der Waals surface area contributed by atoms with Crippen LogP contribution in [0.5, 0.6) is 0 Å². The molecule has 0 aliphatic rings. The van der Waals surface area contributed by atoms with E-state index in [9.17, 15) is 0 Å². The van der Waals surface area contributed by atoms with Gasteiger partial charge in [-0.3, -0.25) is 5.10 Å². The topological polar surface area (TPSA) is 40.7 Å². The van der Waals surface area contributed by atoms with Gasteiger partial charge in [-0.1, -0.05) is 27.7 Å². The molecule has 1 aromatic rings. The van der Waals surface area contributed by atoms with Gasteiger partial charge in [-0.05, 0) is 17.9 Å². The van der Waals surface area contributed by atoms with Gasteiger partial charge in [0.25, 0.3) is 0 Å². The Kier molecular flexibility index (Phi) is 3.69. The van der Waals surface area contributed by atoms with Crippen LogP contribution in [0, 0.1) is 5.41 Å². The largest absolute Gasteiger partial charge is 0.308 e. The molecule has 0 spiro atoms. The molecule has 80 valence electrons. The minimum absolute atomic E-state index is 0.314. The van der Waals surface area contributed by atoms with Crippen molar-refractivity contribution in [2.45, 2.75) is 46.7 Å². The fourth-order valence-corrected chi connectivity index (χ4v) is 1.68. The molecule has 3 nitrogen and oxygen atoms in total. The molecule has 0 aliphatic carbocycles. The monoisotopic (exact) mass is 195 g/mol. The standard InChI is InChI=1S/C11H21N3/c1-5-10(11(2,3)4)12-8-9-6-7-13-14-9/h6-7,10,12H,5,8H2,1-4H3,(H,13,14). The van der Waals surface area contributed by atoms with E-state index in [1.807, 2.05) is 6.07 Å². The highest BCUT2D eigenvalue weighted by Crippen LogP contribution is 2.21. The smallest absolute Gasteiger partial charge is 0.0490 e. The van der Waals surface area contributed by atoms with Crippen molar-refractivity contribution < 1.29 is 0 Å². The van der Waals surface area contributed by atoms with Crippen molar-refractivity contribution in [3.8, 4) is 0 Å². The molecular weight excluding hydrogens is 174 g/mol. The maximum atomic E-state index is 3.92. The van der Waals surface area contributed by atoms with E-state index in [-0.39, 0.29) is 0 Å². The number of aromatic amines is 1. The Labute approximate surface area is 86.3 Å². The summed E-state index contributed by atoms with van der Waals surface area (Å²) in [6.45, 7) is 9.88. The molecule has 1 rings (SSSR count). The predicted molar refractivity (Wildman–Crippen MR) is 59.0 cm³/mol. The minimum atomic E-state index is 0.314. The van der Waals surface area contributed by atoms with Crippen LogP contribution < -0.4 is 5.32 Å². The molecule has 2 N–H and O–H groups in total. The van der Waals surface area contributed by atoms with Crippen molar-refractivity contribution >= 4 is 0 Å². The second-order valence-electron chi connectivity index (χ2n) is 4.79. The maximum Gasteiger partial charge on any atom is 0.0490 e. The molecule has 0 aliphatic heterocycles. The average molecular weight is 195 g/mol. The third-order valence-electron chi connectivity index (χ3n) is 2.55. The number of hydrogen-bond donors (Lipinski definition) is 2. The number of aromatic nitrogens is 2. The number of nitrogens with zero attached hydrogens (tertiary/aromatic N) is 1. The lowest BCUT2D eigenvalue weighted by molar-refractivity contribution is 0.259. The fraction of sp³-hybridized carbons (Fsp3) is 0.727. The first kappa shape index (κ1) is 11.2. The SMILES string of the molecule is CCC(NCc1ccn[nH]1)C(C)(C)C. The van der Waals surface area contributed by atoms with E-state index >= 15 is 0 Å². The van der Waals surface area contributed by atoms with E-state index in [0.717, 1.165) is 18.7 Å². The van der Waals surface area contributed by atoms with Crippen LogP contribution >= 0.6 is 0 Å². The van der Waals surface area contributed by atoms with Crippen molar-refractivity contribution in [1.29, 1.82) is 0 Å². The normalized spacial score (nSPS) is 14.3. The van der Waals surface area contributed by atoms with E-state index < -0.39 is 0 Å². The third-order valence-corrected chi connectivity index (χ3v) is 2.55. The van der Waals surface area contributed by atoms with Gasteiger partial charge < -0.3 is 5.32 Å². The van der Waals surface area contributed by atoms with Crippen LogP contribution in [0.2, 0.25) is 0 Å². The van der Waals surface area contributed by atoms with Gasteiger partial charge in [0.1, 0.15) is 0 Å². The van der Waals surface area contributed by atoms with Gasteiger partial charge in [0, 0.05) is 24.5 Å². The molecule has 0 amide bonds. The molecule has 1 heterocycles. The quantitative estimate of drug-likeness (QED) is 0.774. The zero-order valence-electron chi connectivity index (χ0n) is 9.59. The summed E-state index contributed by atoms with van der Waals surface area (Å²) in [5.74, 6) is 0. The number of hydrogen-bond acceptors (Lipinski definition) is 2. The zero-order valence-corrected chi connectivity index (χ0v) is 9.59. The van der Waals surface area contributed by atoms with E-state index in [0.29, 0.717) is 11.5 Å².